The van der Waals surface area contributed by atoms with Gasteiger partial charge in [-0.2, -0.15) is 5.10 Å². The number of rotatable bonds is 3. The molecule has 0 spiro atoms. The van der Waals surface area contributed by atoms with Crippen LogP contribution < -0.4 is 11.3 Å². The van der Waals surface area contributed by atoms with E-state index in [2.05, 4.69) is 10.1 Å². The summed E-state index contributed by atoms with van der Waals surface area (Å²) in [6.07, 6.45) is 7.63. The van der Waals surface area contributed by atoms with E-state index >= 15 is 0 Å². The summed E-state index contributed by atoms with van der Waals surface area (Å²) in [5.74, 6) is 0.744. The lowest BCUT2D eigenvalue weighted by atomic mass is 9.87. The summed E-state index contributed by atoms with van der Waals surface area (Å²) in [4.78, 5) is 16.5. The van der Waals surface area contributed by atoms with Crippen molar-refractivity contribution in [1.82, 2.24) is 14.8 Å². The van der Waals surface area contributed by atoms with Crippen LogP contribution in [-0.2, 0) is 6.54 Å². The number of aromatic nitrogens is 3. The van der Waals surface area contributed by atoms with Crippen molar-refractivity contribution in [2.75, 3.05) is 5.73 Å². The van der Waals surface area contributed by atoms with Crippen LogP contribution in [0.25, 0.3) is 10.2 Å². The Morgan fingerprint density at radius 2 is 2.10 bits per heavy atom. The van der Waals surface area contributed by atoms with Crippen molar-refractivity contribution in [1.29, 1.82) is 0 Å². The molecule has 1 aliphatic rings. The highest BCUT2D eigenvalue weighted by atomic mass is 32.1. The van der Waals surface area contributed by atoms with Crippen LogP contribution in [0.15, 0.2) is 4.79 Å². The molecule has 0 unspecified atom stereocenters. The predicted octanol–water partition coefficient (Wildman–Crippen LogP) is 2.71. The summed E-state index contributed by atoms with van der Waals surface area (Å²) >= 11 is 1.34. The Labute approximate surface area is 121 Å². The van der Waals surface area contributed by atoms with E-state index in [1.165, 1.54) is 43.4 Å². The summed E-state index contributed by atoms with van der Waals surface area (Å²) < 4.78 is 2.40. The van der Waals surface area contributed by atoms with E-state index in [9.17, 15) is 4.79 Å². The van der Waals surface area contributed by atoms with E-state index in [0.29, 0.717) is 17.2 Å². The molecule has 2 aromatic rings. The maximum Gasteiger partial charge on any atom is 0.294 e. The molecule has 1 aliphatic carbocycles. The second kappa shape index (κ2) is 5.52. The van der Waals surface area contributed by atoms with Gasteiger partial charge in [-0.15, -0.1) is 0 Å². The predicted molar refractivity (Wildman–Crippen MR) is 82.0 cm³/mol. The molecule has 0 aromatic carbocycles. The first-order valence-corrected chi connectivity index (χ1v) is 8.10. The Morgan fingerprint density at radius 1 is 1.35 bits per heavy atom. The fourth-order valence-corrected chi connectivity index (χ4v) is 3.82. The van der Waals surface area contributed by atoms with Gasteiger partial charge in [0, 0.05) is 6.54 Å². The van der Waals surface area contributed by atoms with Gasteiger partial charge in [0.05, 0.1) is 10.4 Å². The zero-order valence-electron chi connectivity index (χ0n) is 11.8. The molecule has 6 heteroatoms. The Bertz CT molecular complexity index is 670. The number of nitrogens with two attached hydrogens (primary N) is 1. The van der Waals surface area contributed by atoms with Crippen molar-refractivity contribution >= 4 is 26.7 Å². The van der Waals surface area contributed by atoms with Gasteiger partial charge in [0.15, 0.2) is 10.6 Å². The normalized spacial score (nSPS) is 16.9. The van der Waals surface area contributed by atoms with Crippen molar-refractivity contribution in [2.45, 2.75) is 52.0 Å². The number of nitrogen functional groups attached to an aromatic ring is 1. The third-order valence-electron chi connectivity index (χ3n) is 4.15. The van der Waals surface area contributed by atoms with Gasteiger partial charge >= 0.3 is 0 Å². The average molecular weight is 292 g/mol. The molecule has 0 amide bonds. The summed E-state index contributed by atoms with van der Waals surface area (Å²) in [6, 6.07) is 0. The van der Waals surface area contributed by atoms with Crippen molar-refractivity contribution < 1.29 is 0 Å². The van der Waals surface area contributed by atoms with Gasteiger partial charge in [-0.3, -0.25) is 4.79 Å². The minimum atomic E-state index is -0.102. The van der Waals surface area contributed by atoms with Crippen LogP contribution in [-0.4, -0.2) is 14.8 Å². The number of hydrogen-bond acceptors (Lipinski definition) is 5. The molecular weight excluding hydrogens is 272 g/mol. The van der Waals surface area contributed by atoms with E-state index in [0.717, 1.165) is 22.7 Å². The molecule has 108 valence electrons. The summed E-state index contributed by atoms with van der Waals surface area (Å²) in [6.45, 7) is 2.61. The van der Waals surface area contributed by atoms with E-state index in [1.54, 1.807) is 4.68 Å². The van der Waals surface area contributed by atoms with Crippen LogP contribution in [0.1, 0.15) is 44.2 Å². The fourth-order valence-electron chi connectivity index (χ4n) is 3.05. The highest BCUT2D eigenvalue weighted by Crippen LogP contribution is 2.27. The molecule has 0 saturated heterocycles. The van der Waals surface area contributed by atoms with Gasteiger partial charge in [-0.1, -0.05) is 43.4 Å². The summed E-state index contributed by atoms with van der Waals surface area (Å²) in [5, 5.41) is 4.85. The Hall–Kier alpha value is -1.43. The minimum absolute atomic E-state index is 0.102. The Morgan fingerprint density at radius 3 is 2.85 bits per heavy atom. The van der Waals surface area contributed by atoms with E-state index in [4.69, 9.17) is 5.73 Å². The second-order valence-corrected chi connectivity index (χ2v) is 6.67. The largest absolute Gasteiger partial charge is 0.375 e. The molecule has 2 aromatic heterocycles. The molecule has 0 aliphatic heterocycles. The first kappa shape index (κ1) is 13.5. The molecule has 1 fully saturated rings. The van der Waals surface area contributed by atoms with Crippen molar-refractivity contribution in [3.05, 3.63) is 16.0 Å². The van der Waals surface area contributed by atoms with Crippen molar-refractivity contribution in [2.24, 2.45) is 5.92 Å². The van der Waals surface area contributed by atoms with Gasteiger partial charge in [0.1, 0.15) is 0 Å². The van der Waals surface area contributed by atoms with Gasteiger partial charge < -0.3 is 5.73 Å². The third-order valence-corrected chi connectivity index (χ3v) is 5.15. The lowest BCUT2D eigenvalue weighted by Gasteiger charge is -2.21. The number of aryl methyl sites for hydroxylation is 2. The molecule has 3 rings (SSSR count). The molecule has 0 radical (unpaired) electrons. The number of hydrogen-bond donors (Lipinski definition) is 1. The molecule has 2 heterocycles. The van der Waals surface area contributed by atoms with Crippen molar-refractivity contribution in [3.63, 3.8) is 0 Å². The number of anilines is 1. The molecule has 20 heavy (non-hydrogen) atoms. The molecule has 1 saturated carbocycles. The molecule has 0 atom stereocenters. The molecule has 2 N–H and O–H groups in total. The topological polar surface area (TPSA) is 73.8 Å². The van der Waals surface area contributed by atoms with Crippen LogP contribution in [0.3, 0.4) is 0 Å². The smallest absolute Gasteiger partial charge is 0.294 e. The maximum atomic E-state index is 12.4. The highest BCUT2D eigenvalue weighted by Gasteiger charge is 2.16. The zero-order chi connectivity index (χ0) is 14.1. The first-order valence-electron chi connectivity index (χ1n) is 7.29. The van der Waals surface area contributed by atoms with E-state index < -0.39 is 0 Å². The summed E-state index contributed by atoms with van der Waals surface area (Å²) in [7, 11) is 0. The SMILES string of the molecule is Cc1nn(CCC2CCCCC2)c(=O)c2nc(N)sc12. The highest BCUT2D eigenvalue weighted by molar-refractivity contribution is 7.22. The van der Waals surface area contributed by atoms with Gasteiger partial charge in [0.2, 0.25) is 0 Å². The quantitative estimate of drug-likeness (QED) is 0.944. The monoisotopic (exact) mass is 292 g/mol. The fraction of sp³-hybridized carbons (Fsp3) is 0.643. The third kappa shape index (κ3) is 2.57. The van der Waals surface area contributed by atoms with Crippen LogP contribution in [0, 0.1) is 12.8 Å². The lowest BCUT2D eigenvalue weighted by Crippen LogP contribution is -2.25. The Balaban J connectivity index is 1.84. The maximum absolute atomic E-state index is 12.4. The number of thiazole rings is 1. The van der Waals surface area contributed by atoms with Gasteiger partial charge in [-0.25, -0.2) is 9.67 Å². The Kier molecular flexibility index (Phi) is 3.74. The van der Waals surface area contributed by atoms with Gasteiger partial charge in [0.25, 0.3) is 5.56 Å². The van der Waals surface area contributed by atoms with Crippen molar-refractivity contribution in [3.8, 4) is 0 Å². The van der Waals surface area contributed by atoms with E-state index in [-0.39, 0.29) is 5.56 Å². The van der Waals surface area contributed by atoms with Crippen LogP contribution >= 0.6 is 11.3 Å². The lowest BCUT2D eigenvalue weighted by molar-refractivity contribution is 0.316. The first-order chi connectivity index (χ1) is 9.65. The van der Waals surface area contributed by atoms with Crippen LogP contribution in [0.5, 0.6) is 0 Å². The van der Waals surface area contributed by atoms with E-state index in [1.807, 2.05) is 6.92 Å². The molecular formula is C14H20N4OS. The van der Waals surface area contributed by atoms with Crippen LogP contribution in [0.4, 0.5) is 5.13 Å². The minimum Gasteiger partial charge on any atom is -0.375 e. The number of fused-ring (bicyclic) bond motifs is 1. The molecule has 0 bridgehead atoms. The summed E-state index contributed by atoms with van der Waals surface area (Å²) in [5.41, 5.74) is 6.92. The average Bonchev–Trinajstić information content (AvgIpc) is 2.85. The number of nitrogens with zero attached hydrogens (tertiary/aromatic N) is 3. The second-order valence-electron chi connectivity index (χ2n) is 5.64. The molecule has 5 nitrogen and oxygen atoms in total. The van der Waals surface area contributed by atoms with Gasteiger partial charge in [-0.05, 0) is 19.3 Å². The zero-order valence-corrected chi connectivity index (χ0v) is 12.6. The standard InChI is InChI=1S/C14H20N4OS/c1-9-12-11(16-14(15)20-12)13(19)18(17-9)8-7-10-5-3-2-4-6-10/h10H,2-8H2,1H3,(H2,15,16). The van der Waals surface area contributed by atoms with Crippen LogP contribution in [0.2, 0.25) is 0 Å².